The Kier molecular flexibility index (Phi) is 7.11. The molecule has 0 amide bonds. The van der Waals surface area contributed by atoms with Gasteiger partial charge in [-0.05, 0) is 50.8 Å². The van der Waals surface area contributed by atoms with Crippen molar-refractivity contribution in [2.45, 2.75) is 46.6 Å². The second-order valence-electron chi connectivity index (χ2n) is 5.81. The van der Waals surface area contributed by atoms with Crippen molar-refractivity contribution in [1.82, 2.24) is 5.32 Å². The summed E-state index contributed by atoms with van der Waals surface area (Å²) < 4.78 is 5.81. The topological polar surface area (TPSA) is 21.3 Å². The fourth-order valence-corrected chi connectivity index (χ4v) is 2.34. The summed E-state index contributed by atoms with van der Waals surface area (Å²) in [7, 11) is 2.00. The molecule has 108 valence electrons. The summed E-state index contributed by atoms with van der Waals surface area (Å²) >= 11 is 0. The number of hydrogen-bond donors (Lipinski definition) is 1. The summed E-state index contributed by atoms with van der Waals surface area (Å²) in [5.74, 6) is 0.767. The van der Waals surface area contributed by atoms with Gasteiger partial charge < -0.3 is 10.1 Å². The lowest BCUT2D eigenvalue weighted by Gasteiger charge is -2.19. The number of ether oxygens (including phenoxy) is 1. The predicted octanol–water partition coefficient (Wildman–Crippen LogP) is 4.02. The van der Waals surface area contributed by atoms with Crippen LogP contribution in [0.2, 0.25) is 0 Å². The minimum Gasteiger partial charge on any atom is -0.379 e. The average Bonchev–Trinajstić information content (AvgIpc) is 2.34. The van der Waals surface area contributed by atoms with Crippen LogP contribution < -0.4 is 5.32 Å². The van der Waals surface area contributed by atoms with Crippen molar-refractivity contribution in [1.29, 1.82) is 0 Å². The lowest BCUT2D eigenvalue weighted by atomic mass is 10.00. The molecule has 0 aliphatic rings. The Morgan fingerprint density at radius 3 is 2.53 bits per heavy atom. The van der Waals surface area contributed by atoms with E-state index in [2.05, 4.69) is 51.2 Å². The van der Waals surface area contributed by atoms with Crippen molar-refractivity contribution in [2.24, 2.45) is 5.92 Å². The highest BCUT2D eigenvalue weighted by molar-refractivity contribution is 5.32. The quantitative estimate of drug-likeness (QED) is 0.715. The Labute approximate surface area is 118 Å². The minimum atomic E-state index is 0.291. The van der Waals surface area contributed by atoms with Gasteiger partial charge in [-0.15, -0.1) is 0 Å². The van der Waals surface area contributed by atoms with Crippen molar-refractivity contribution in [3.8, 4) is 0 Å². The molecule has 2 heteroatoms. The Morgan fingerprint density at radius 2 is 1.95 bits per heavy atom. The van der Waals surface area contributed by atoms with Crippen LogP contribution in [0.25, 0.3) is 0 Å². The fourth-order valence-electron chi connectivity index (χ4n) is 2.34. The zero-order chi connectivity index (χ0) is 14.3. The van der Waals surface area contributed by atoms with E-state index in [1.165, 1.54) is 23.1 Å². The molecular weight excluding hydrogens is 234 g/mol. The molecule has 1 aromatic carbocycles. The SMILES string of the molecule is CNC(COCCCC(C)C)c1ccc(C)cc1C. The highest BCUT2D eigenvalue weighted by Gasteiger charge is 2.11. The third-order valence-corrected chi connectivity index (χ3v) is 3.50. The van der Waals surface area contributed by atoms with Crippen LogP contribution in [0.15, 0.2) is 18.2 Å². The van der Waals surface area contributed by atoms with Crippen LogP contribution >= 0.6 is 0 Å². The lowest BCUT2D eigenvalue weighted by Crippen LogP contribution is -2.23. The Morgan fingerprint density at radius 1 is 1.21 bits per heavy atom. The molecule has 0 aromatic heterocycles. The van der Waals surface area contributed by atoms with Crippen LogP contribution in [0.4, 0.5) is 0 Å². The molecule has 0 aliphatic carbocycles. The summed E-state index contributed by atoms with van der Waals surface area (Å²) in [6, 6.07) is 6.91. The van der Waals surface area contributed by atoms with Crippen molar-refractivity contribution < 1.29 is 4.74 Å². The van der Waals surface area contributed by atoms with E-state index in [0.717, 1.165) is 25.6 Å². The first-order chi connectivity index (χ1) is 9.04. The summed E-state index contributed by atoms with van der Waals surface area (Å²) in [4.78, 5) is 0. The number of benzene rings is 1. The van der Waals surface area contributed by atoms with Crippen LogP contribution in [0.3, 0.4) is 0 Å². The fraction of sp³-hybridized carbons (Fsp3) is 0.647. The number of likely N-dealkylation sites (N-methyl/N-ethyl adjacent to an activating group) is 1. The first-order valence-corrected chi connectivity index (χ1v) is 7.36. The van der Waals surface area contributed by atoms with E-state index in [9.17, 15) is 0 Å². The molecule has 1 aromatic rings. The minimum absolute atomic E-state index is 0.291. The Hall–Kier alpha value is -0.860. The molecule has 2 nitrogen and oxygen atoms in total. The molecule has 0 radical (unpaired) electrons. The van der Waals surface area contributed by atoms with Gasteiger partial charge in [-0.3, -0.25) is 0 Å². The summed E-state index contributed by atoms with van der Waals surface area (Å²) in [6.45, 7) is 10.4. The number of nitrogens with one attached hydrogen (secondary N) is 1. The molecular formula is C17H29NO. The molecule has 1 N–H and O–H groups in total. The third kappa shape index (κ3) is 5.75. The van der Waals surface area contributed by atoms with E-state index in [-0.39, 0.29) is 0 Å². The van der Waals surface area contributed by atoms with Crippen LogP contribution in [0.5, 0.6) is 0 Å². The van der Waals surface area contributed by atoms with Gasteiger partial charge >= 0.3 is 0 Å². The van der Waals surface area contributed by atoms with E-state index in [4.69, 9.17) is 4.74 Å². The van der Waals surface area contributed by atoms with Gasteiger partial charge in [-0.1, -0.05) is 37.6 Å². The molecule has 0 fully saturated rings. The average molecular weight is 263 g/mol. The maximum Gasteiger partial charge on any atom is 0.0661 e. The van der Waals surface area contributed by atoms with Gasteiger partial charge in [0.25, 0.3) is 0 Å². The van der Waals surface area contributed by atoms with Crippen molar-refractivity contribution in [3.05, 3.63) is 34.9 Å². The predicted molar refractivity (Wildman–Crippen MR) is 82.6 cm³/mol. The van der Waals surface area contributed by atoms with E-state index in [1.54, 1.807) is 0 Å². The van der Waals surface area contributed by atoms with Crippen LogP contribution in [0, 0.1) is 19.8 Å². The van der Waals surface area contributed by atoms with Gasteiger partial charge in [0.2, 0.25) is 0 Å². The molecule has 0 saturated heterocycles. The highest BCUT2D eigenvalue weighted by Crippen LogP contribution is 2.19. The van der Waals surface area contributed by atoms with Crippen molar-refractivity contribution in [2.75, 3.05) is 20.3 Å². The normalized spacial score (nSPS) is 12.9. The number of hydrogen-bond acceptors (Lipinski definition) is 2. The zero-order valence-corrected chi connectivity index (χ0v) is 13.1. The molecule has 19 heavy (non-hydrogen) atoms. The summed E-state index contributed by atoms with van der Waals surface area (Å²) in [5.41, 5.74) is 4.00. The molecule has 0 saturated carbocycles. The van der Waals surface area contributed by atoms with Crippen LogP contribution in [-0.4, -0.2) is 20.3 Å². The number of rotatable bonds is 8. The zero-order valence-electron chi connectivity index (χ0n) is 13.1. The second-order valence-corrected chi connectivity index (χ2v) is 5.81. The van der Waals surface area contributed by atoms with Crippen LogP contribution in [0.1, 0.15) is 49.4 Å². The van der Waals surface area contributed by atoms with Crippen molar-refractivity contribution in [3.63, 3.8) is 0 Å². The first kappa shape index (κ1) is 16.2. The smallest absolute Gasteiger partial charge is 0.0661 e. The molecule has 0 heterocycles. The van der Waals surface area contributed by atoms with Gasteiger partial charge in [-0.2, -0.15) is 0 Å². The molecule has 1 rings (SSSR count). The van der Waals surface area contributed by atoms with E-state index in [1.807, 2.05) is 7.05 Å². The largest absolute Gasteiger partial charge is 0.379 e. The molecule has 0 spiro atoms. The maximum atomic E-state index is 5.81. The summed E-state index contributed by atoms with van der Waals surface area (Å²) in [6.07, 6.45) is 2.40. The lowest BCUT2D eigenvalue weighted by molar-refractivity contribution is 0.108. The number of aryl methyl sites for hydroxylation is 2. The van der Waals surface area contributed by atoms with E-state index in [0.29, 0.717) is 6.04 Å². The standard InChI is InChI=1S/C17H29NO/c1-13(2)7-6-10-19-12-17(18-5)16-9-8-14(3)11-15(16)4/h8-9,11,13,17-18H,6-7,10,12H2,1-5H3. The molecule has 0 bridgehead atoms. The van der Waals surface area contributed by atoms with E-state index < -0.39 is 0 Å². The van der Waals surface area contributed by atoms with Gasteiger partial charge in [0.1, 0.15) is 0 Å². The first-order valence-electron chi connectivity index (χ1n) is 7.36. The van der Waals surface area contributed by atoms with Gasteiger partial charge in [0.15, 0.2) is 0 Å². The Balaban J connectivity index is 2.45. The van der Waals surface area contributed by atoms with Gasteiger partial charge in [0, 0.05) is 6.61 Å². The Bertz CT molecular complexity index is 374. The monoisotopic (exact) mass is 263 g/mol. The maximum absolute atomic E-state index is 5.81. The third-order valence-electron chi connectivity index (χ3n) is 3.50. The van der Waals surface area contributed by atoms with Crippen molar-refractivity contribution >= 4 is 0 Å². The highest BCUT2D eigenvalue weighted by atomic mass is 16.5. The van der Waals surface area contributed by atoms with Gasteiger partial charge in [0.05, 0.1) is 12.6 Å². The second kappa shape index (κ2) is 8.34. The van der Waals surface area contributed by atoms with E-state index >= 15 is 0 Å². The molecule has 1 unspecified atom stereocenters. The molecule has 1 atom stereocenters. The molecule has 0 aliphatic heterocycles. The summed E-state index contributed by atoms with van der Waals surface area (Å²) in [5, 5.41) is 3.35. The van der Waals surface area contributed by atoms with Gasteiger partial charge in [-0.25, -0.2) is 0 Å². The van der Waals surface area contributed by atoms with Crippen LogP contribution in [-0.2, 0) is 4.74 Å².